The van der Waals surface area contributed by atoms with E-state index in [0.717, 1.165) is 11.3 Å². The maximum atomic E-state index is 11.9. The number of carbonyl (C=O) groups is 1. The monoisotopic (exact) mass is 254 g/mol. The van der Waals surface area contributed by atoms with Crippen LogP contribution in [0.1, 0.15) is 29.8 Å². The summed E-state index contributed by atoms with van der Waals surface area (Å²) >= 11 is 0. The average Bonchev–Trinajstić information content (AvgIpc) is 2.42. The molecule has 1 N–H and O–H groups in total. The zero-order valence-corrected chi connectivity index (χ0v) is 11.3. The summed E-state index contributed by atoms with van der Waals surface area (Å²) in [7, 11) is 0. The highest BCUT2D eigenvalue weighted by molar-refractivity contribution is 5.78. The van der Waals surface area contributed by atoms with Gasteiger partial charge in [-0.1, -0.05) is 35.9 Å². The first-order chi connectivity index (χ1) is 9.15. The van der Waals surface area contributed by atoms with Gasteiger partial charge >= 0.3 is 0 Å². The van der Waals surface area contributed by atoms with Crippen LogP contribution in [0.25, 0.3) is 0 Å². The molecule has 3 heteroatoms. The van der Waals surface area contributed by atoms with Gasteiger partial charge in [-0.15, -0.1) is 0 Å². The van der Waals surface area contributed by atoms with Gasteiger partial charge in [0.15, 0.2) is 0 Å². The predicted molar refractivity (Wildman–Crippen MR) is 75.7 cm³/mol. The molecule has 1 aromatic carbocycles. The van der Waals surface area contributed by atoms with Crippen LogP contribution in [0.15, 0.2) is 48.7 Å². The Morgan fingerprint density at radius 2 is 1.95 bits per heavy atom. The van der Waals surface area contributed by atoms with E-state index in [4.69, 9.17) is 0 Å². The van der Waals surface area contributed by atoms with Crippen molar-refractivity contribution in [3.05, 3.63) is 65.5 Å². The lowest BCUT2D eigenvalue weighted by molar-refractivity contribution is -0.121. The Labute approximate surface area is 113 Å². The molecule has 0 saturated carbocycles. The Kier molecular flexibility index (Phi) is 4.29. The molecule has 2 aromatic rings. The highest BCUT2D eigenvalue weighted by atomic mass is 16.1. The molecule has 0 radical (unpaired) electrons. The highest BCUT2D eigenvalue weighted by Crippen LogP contribution is 2.09. The third-order valence-corrected chi connectivity index (χ3v) is 2.99. The summed E-state index contributed by atoms with van der Waals surface area (Å²) in [6, 6.07) is 13.6. The lowest BCUT2D eigenvalue weighted by Crippen LogP contribution is -2.28. The van der Waals surface area contributed by atoms with Crippen LogP contribution in [0.5, 0.6) is 0 Å². The highest BCUT2D eigenvalue weighted by Gasteiger charge is 2.10. The van der Waals surface area contributed by atoms with Gasteiger partial charge in [0.05, 0.1) is 18.2 Å². The smallest absolute Gasteiger partial charge is 0.224 e. The molecule has 1 aromatic heterocycles. The molecule has 0 bridgehead atoms. The van der Waals surface area contributed by atoms with E-state index in [1.165, 1.54) is 5.56 Å². The number of amides is 1. The maximum Gasteiger partial charge on any atom is 0.224 e. The van der Waals surface area contributed by atoms with Crippen LogP contribution < -0.4 is 5.32 Å². The fourth-order valence-corrected chi connectivity index (χ4v) is 1.89. The van der Waals surface area contributed by atoms with Gasteiger partial charge < -0.3 is 5.32 Å². The minimum atomic E-state index is -0.0702. The van der Waals surface area contributed by atoms with E-state index in [-0.39, 0.29) is 11.9 Å². The van der Waals surface area contributed by atoms with Crippen LogP contribution in [0.3, 0.4) is 0 Å². The van der Waals surface area contributed by atoms with Gasteiger partial charge in [0.2, 0.25) is 5.91 Å². The lowest BCUT2D eigenvalue weighted by Gasteiger charge is -2.13. The van der Waals surface area contributed by atoms with E-state index in [0.29, 0.717) is 6.42 Å². The topological polar surface area (TPSA) is 42.0 Å². The molecular weight excluding hydrogens is 236 g/mol. The van der Waals surface area contributed by atoms with Gasteiger partial charge in [-0.3, -0.25) is 9.78 Å². The van der Waals surface area contributed by atoms with Crippen molar-refractivity contribution in [2.45, 2.75) is 26.3 Å². The molecule has 3 nitrogen and oxygen atoms in total. The van der Waals surface area contributed by atoms with E-state index in [1.54, 1.807) is 6.20 Å². The number of nitrogens with zero attached hydrogens (tertiary/aromatic N) is 1. The SMILES string of the molecule is Cc1ccc(CC(=O)NC(C)c2ccccn2)cc1. The lowest BCUT2D eigenvalue weighted by atomic mass is 10.1. The predicted octanol–water partition coefficient (Wildman–Crippen LogP) is 2.81. The zero-order chi connectivity index (χ0) is 13.7. The number of pyridine rings is 1. The first-order valence-corrected chi connectivity index (χ1v) is 6.41. The van der Waals surface area contributed by atoms with Crippen molar-refractivity contribution in [3.8, 4) is 0 Å². The van der Waals surface area contributed by atoms with Gasteiger partial charge in [-0.2, -0.15) is 0 Å². The van der Waals surface area contributed by atoms with Gasteiger partial charge in [-0.25, -0.2) is 0 Å². The van der Waals surface area contributed by atoms with Crippen LogP contribution in [-0.4, -0.2) is 10.9 Å². The fraction of sp³-hybridized carbons (Fsp3) is 0.250. The van der Waals surface area contributed by atoms with Crippen molar-refractivity contribution in [2.24, 2.45) is 0 Å². The quantitative estimate of drug-likeness (QED) is 0.911. The van der Waals surface area contributed by atoms with E-state index in [1.807, 2.05) is 56.3 Å². The maximum absolute atomic E-state index is 11.9. The van der Waals surface area contributed by atoms with E-state index in [9.17, 15) is 4.79 Å². The number of carbonyl (C=O) groups excluding carboxylic acids is 1. The summed E-state index contributed by atoms with van der Waals surface area (Å²) < 4.78 is 0. The van der Waals surface area contributed by atoms with E-state index >= 15 is 0 Å². The molecule has 0 aliphatic rings. The molecule has 1 heterocycles. The minimum absolute atomic E-state index is 0.0157. The van der Waals surface area contributed by atoms with Gasteiger partial charge in [-0.05, 0) is 31.5 Å². The Hall–Kier alpha value is -2.16. The van der Waals surface area contributed by atoms with Crippen LogP contribution in [0, 0.1) is 6.92 Å². The number of rotatable bonds is 4. The second-order valence-corrected chi connectivity index (χ2v) is 4.71. The van der Waals surface area contributed by atoms with Crippen LogP contribution >= 0.6 is 0 Å². The number of hydrogen-bond donors (Lipinski definition) is 1. The first kappa shape index (κ1) is 13.3. The third kappa shape index (κ3) is 3.91. The molecule has 1 unspecified atom stereocenters. The number of aromatic nitrogens is 1. The zero-order valence-electron chi connectivity index (χ0n) is 11.3. The van der Waals surface area contributed by atoms with Crippen molar-refractivity contribution in [1.29, 1.82) is 0 Å². The summed E-state index contributed by atoms with van der Waals surface area (Å²) in [5.74, 6) is 0.0157. The number of nitrogens with one attached hydrogen (secondary N) is 1. The molecule has 0 fully saturated rings. The number of hydrogen-bond acceptors (Lipinski definition) is 2. The van der Waals surface area contributed by atoms with Crippen molar-refractivity contribution < 1.29 is 4.79 Å². The Morgan fingerprint density at radius 1 is 1.21 bits per heavy atom. The number of benzene rings is 1. The van der Waals surface area contributed by atoms with E-state index in [2.05, 4.69) is 10.3 Å². The van der Waals surface area contributed by atoms with Crippen LogP contribution in [0.4, 0.5) is 0 Å². The van der Waals surface area contributed by atoms with Gasteiger partial charge in [0, 0.05) is 6.20 Å². The van der Waals surface area contributed by atoms with Crippen molar-refractivity contribution >= 4 is 5.91 Å². The molecule has 19 heavy (non-hydrogen) atoms. The number of aryl methyl sites for hydroxylation is 1. The largest absolute Gasteiger partial charge is 0.348 e. The molecule has 0 aliphatic heterocycles. The second kappa shape index (κ2) is 6.14. The molecule has 0 saturated heterocycles. The molecule has 0 aliphatic carbocycles. The summed E-state index contributed by atoms with van der Waals surface area (Å²) in [5, 5.41) is 2.96. The van der Waals surface area contributed by atoms with Crippen molar-refractivity contribution in [2.75, 3.05) is 0 Å². The molecular formula is C16H18N2O. The molecule has 98 valence electrons. The average molecular weight is 254 g/mol. The Balaban J connectivity index is 1.93. The van der Waals surface area contributed by atoms with Gasteiger partial charge in [0.25, 0.3) is 0 Å². The summed E-state index contributed by atoms with van der Waals surface area (Å²) in [4.78, 5) is 16.2. The minimum Gasteiger partial charge on any atom is -0.348 e. The normalized spacial score (nSPS) is 11.9. The summed E-state index contributed by atoms with van der Waals surface area (Å²) in [5.41, 5.74) is 3.10. The second-order valence-electron chi connectivity index (χ2n) is 4.71. The molecule has 2 rings (SSSR count). The van der Waals surface area contributed by atoms with Crippen molar-refractivity contribution in [1.82, 2.24) is 10.3 Å². The Morgan fingerprint density at radius 3 is 2.58 bits per heavy atom. The standard InChI is InChI=1S/C16H18N2O/c1-12-6-8-14(9-7-12)11-16(19)18-13(2)15-5-3-4-10-17-15/h3-10,13H,11H2,1-2H3,(H,18,19). The van der Waals surface area contributed by atoms with Crippen LogP contribution in [0.2, 0.25) is 0 Å². The summed E-state index contributed by atoms with van der Waals surface area (Å²) in [6.07, 6.45) is 2.13. The third-order valence-electron chi connectivity index (χ3n) is 2.99. The first-order valence-electron chi connectivity index (χ1n) is 6.41. The molecule has 1 atom stereocenters. The van der Waals surface area contributed by atoms with Crippen LogP contribution in [-0.2, 0) is 11.2 Å². The molecule has 1 amide bonds. The van der Waals surface area contributed by atoms with Gasteiger partial charge in [0.1, 0.15) is 0 Å². The summed E-state index contributed by atoms with van der Waals surface area (Å²) in [6.45, 7) is 3.97. The fourth-order valence-electron chi connectivity index (χ4n) is 1.89. The van der Waals surface area contributed by atoms with Crippen molar-refractivity contribution in [3.63, 3.8) is 0 Å². The Bertz CT molecular complexity index is 534. The molecule has 0 spiro atoms. The van der Waals surface area contributed by atoms with E-state index < -0.39 is 0 Å².